The Morgan fingerprint density at radius 2 is 1.75 bits per heavy atom. The Labute approximate surface area is 143 Å². The molecule has 2 rings (SSSR count). The van der Waals surface area contributed by atoms with Gasteiger partial charge in [-0.1, -0.05) is 0 Å². The third-order valence-corrected chi connectivity index (χ3v) is 6.40. The normalized spacial score (nSPS) is 18.2. The second kappa shape index (κ2) is 7.50. The molecule has 1 fully saturated rings. The molecule has 7 nitrogen and oxygen atoms in total. The predicted octanol–water partition coefficient (Wildman–Crippen LogP) is -0.939. The molecule has 0 spiro atoms. The molecule has 1 aliphatic heterocycles. The van der Waals surface area contributed by atoms with Crippen molar-refractivity contribution in [3.05, 3.63) is 24.3 Å². The SMILES string of the molecule is COc1ccc(S(=O)(=O)N2CC[NH+]([C@@H](C)C(=O)N(C)C)CC2)cc1. The van der Waals surface area contributed by atoms with Crippen molar-refractivity contribution in [1.29, 1.82) is 0 Å². The number of amides is 1. The molecule has 0 unspecified atom stereocenters. The van der Waals surface area contributed by atoms with E-state index in [9.17, 15) is 13.2 Å². The van der Waals surface area contributed by atoms with E-state index in [0.717, 1.165) is 4.90 Å². The summed E-state index contributed by atoms with van der Waals surface area (Å²) in [5.74, 6) is 0.690. The molecule has 1 N–H and O–H groups in total. The van der Waals surface area contributed by atoms with Gasteiger partial charge in [-0.05, 0) is 31.2 Å². The number of ether oxygens (including phenoxy) is 1. The Morgan fingerprint density at radius 1 is 1.21 bits per heavy atom. The summed E-state index contributed by atoms with van der Waals surface area (Å²) in [6.45, 7) is 3.96. The number of sulfonamides is 1. The number of rotatable bonds is 5. The number of methoxy groups -OCH3 is 1. The molecule has 0 saturated carbocycles. The molecule has 1 atom stereocenters. The van der Waals surface area contributed by atoms with E-state index in [1.54, 1.807) is 50.4 Å². The van der Waals surface area contributed by atoms with Crippen LogP contribution in [0.4, 0.5) is 0 Å². The number of quaternary nitrogens is 1. The summed E-state index contributed by atoms with van der Waals surface area (Å²) in [5, 5.41) is 0. The zero-order valence-corrected chi connectivity index (χ0v) is 15.5. The molecule has 134 valence electrons. The number of likely N-dealkylation sites (N-methyl/N-ethyl adjacent to an activating group) is 1. The van der Waals surface area contributed by atoms with Crippen LogP contribution in [-0.2, 0) is 14.8 Å². The maximum Gasteiger partial charge on any atom is 0.280 e. The molecular formula is C16H26N3O4S+. The van der Waals surface area contributed by atoms with Crippen LogP contribution in [0.3, 0.4) is 0 Å². The number of piperazine rings is 1. The molecule has 8 heteroatoms. The average molecular weight is 356 g/mol. The van der Waals surface area contributed by atoms with E-state index in [1.807, 2.05) is 6.92 Å². The van der Waals surface area contributed by atoms with Crippen LogP contribution in [0.15, 0.2) is 29.2 Å². The van der Waals surface area contributed by atoms with Gasteiger partial charge in [0, 0.05) is 14.1 Å². The zero-order chi connectivity index (χ0) is 17.9. The van der Waals surface area contributed by atoms with E-state index in [2.05, 4.69) is 0 Å². The van der Waals surface area contributed by atoms with Gasteiger partial charge in [0.05, 0.1) is 38.2 Å². The standard InChI is InChI=1S/C16H25N3O4S/c1-13(16(20)17(2)3)18-9-11-19(12-10-18)24(21,22)15-7-5-14(23-4)6-8-15/h5-8,13H,9-12H2,1-4H3/p+1/t13-/m0/s1. The van der Waals surface area contributed by atoms with E-state index in [1.165, 1.54) is 4.31 Å². The molecule has 1 aliphatic rings. The van der Waals surface area contributed by atoms with Gasteiger partial charge in [-0.2, -0.15) is 4.31 Å². The monoisotopic (exact) mass is 356 g/mol. The maximum absolute atomic E-state index is 12.7. The van der Waals surface area contributed by atoms with Crippen molar-refractivity contribution >= 4 is 15.9 Å². The van der Waals surface area contributed by atoms with Crippen molar-refractivity contribution in [3.8, 4) is 5.75 Å². The lowest BCUT2D eigenvalue weighted by atomic mass is 10.2. The van der Waals surface area contributed by atoms with Crippen molar-refractivity contribution in [1.82, 2.24) is 9.21 Å². The van der Waals surface area contributed by atoms with Gasteiger partial charge in [0.1, 0.15) is 5.75 Å². The van der Waals surface area contributed by atoms with Crippen molar-refractivity contribution in [2.45, 2.75) is 17.9 Å². The number of carbonyl (C=O) groups is 1. The third kappa shape index (κ3) is 3.88. The summed E-state index contributed by atoms with van der Waals surface area (Å²) in [7, 11) is 1.52. The second-order valence-electron chi connectivity index (χ2n) is 6.19. The molecule has 1 aromatic carbocycles. The van der Waals surface area contributed by atoms with Crippen molar-refractivity contribution in [3.63, 3.8) is 0 Å². The quantitative estimate of drug-likeness (QED) is 0.739. The minimum absolute atomic E-state index is 0.0662. The van der Waals surface area contributed by atoms with Gasteiger partial charge in [-0.25, -0.2) is 8.42 Å². The van der Waals surface area contributed by atoms with Gasteiger partial charge in [-0.3, -0.25) is 4.79 Å². The average Bonchev–Trinajstić information content (AvgIpc) is 2.60. The lowest BCUT2D eigenvalue weighted by Gasteiger charge is -2.34. The highest BCUT2D eigenvalue weighted by atomic mass is 32.2. The molecule has 0 radical (unpaired) electrons. The van der Waals surface area contributed by atoms with Gasteiger partial charge in [0.25, 0.3) is 5.91 Å². The van der Waals surface area contributed by atoms with E-state index >= 15 is 0 Å². The van der Waals surface area contributed by atoms with E-state index in [-0.39, 0.29) is 16.8 Å². The molecule has 24 heavy (non-hydrogen) atoms. The van der Waals surface area contributed by atoms with Crippen molar-refractivity contribution < 1.29 is 22.8 Å². The van der Waals surface area contributed by atoms with Gasteiger partial charge in [-0.15, -0.1) is 0 Å². The number of benzene rings is 1. The molecular weight excluding hydrogens is 330 g/mol. The van der Waals surface area contributed by atoms with Gasteiger partial charge >= 0.3 is 0 Å². The lowest BCUT2D eigenvalue weighted by Crippen LogP contribution is -3.19. The fourth-order valence-corrected chi connectivity index (χ4v) is 4.35. The smallest absolute Gasteiger partial charge is 0.280 e. The molecule has 0 aromatic heterocycles. The zero-order valence-electron chi connectivity index (χ0n) is 14.7. The van der Waals surface area contributed by atoms with Gasteiger partial charge in [0.15, 0.2) is 6.04 Å². The molecule has 0 bridgehead atoms. The second-order valence-corrected chi connectivity index (χ2v) is 8.13. The highest BCUT2D eigenvalue weighted by Crippen LogP contribution is 2.19. The molecule has 1 aromatic rings. The van der Waals surface area contributed by atoms with Crippen LogP contribution >= 0.6 is 0 Å². The number of hydrogen-bond acceptors (Lipinski definition) is 4. The number of nitrogens with one attached hydrogen (secondary N) is 1. The van der Waals surface area contributed by atoms with Gasteiger partial charge < -0.3 is 14.5 Å². The van der Waals surface area contributed by atoms with Gasteiger partial charge in [0.2, 0.25) is 10.0 Å². The van der Waals surface area contributed by atoms with Crippen LogP contribution in [0.25, 0.3) is 0 Å². The van der Waals surface area contributed by atoms with Crippen LogP contribution in [0.5, 0.6) is 5.75 Å². The molecule has 0 aliphatic carbocycles. The Kier molecular flexibility index (Phi) is 5.84. The van der Waals surface area contributed by atoms with E-state index in [4.69, 9.17) is 4.74 Å². The highest BCUT2D eigenvalue weighted by Gasteiger charge is 2.34. The summed E-state index contributed by atoms with van der Waals surface area (Å²) in [6, 6.07) is 6.25. The Bertz CT molecular complexity index is 665. The first-order chi connectivity index (χ1) is 11.3. The summed E-state index contributed by atoms with van der Waals surface area (Å²) in [4.78, 5) is 15.0. The fourth-order valence-electron chi connectivity index (χ4n) is 2.91. The first-order valence-corrected chi connectivity index (χ1v) is 9.41. The summed E-state index contributed by atoms with van der Waals surface area (Å²) in [6.07, 6.45) is 0. The Morgan fingerprint density at radius 3 is 2.21 bits per heavy atom. The van der Waals surface area contributed by atoms with E-state index in [0.29, 0.717) is 31.9 Å². The van der Waals surface area contributed by atoms with Crippen LogP contribution in [-0.4, -0.2) is 77.0 Å². The summed E-state index contributed by atoms with van der Waals surface area (Å²) < 4.78 is 32.0. The minimum atomic E-state index is -3.50. The number of hydrogen-bond donors (Lipinski definition) is 1. The first-order valence-electron chi connectivity index (χ1n) is 7.97. The number of nitrogens with zero attached hydrogens (tertiary/aromatic N) is 2. The van der Waals surface area contributed by atoms with E-state index < -0.39 is 10.0 Å². The van der Waals surface area contributed by atoms with Crippen molar-refractivity contribution in [2.75, 3.05) is 47.4 Å². The molecule has 1 heterocycles. The fraction of sp³-hybridized carbons (Fsp3) is 0.562. The Balaban J connectivity index is 2.03. The minimum Gasteiger partial charge on any atom is -0.497 e. The highest BCUT2D eigenvalue weighted by molar-refractivity contribution is 7.89. The summed E-state index contributed by atoms with van der Waals surface area (Å²) >= 11 is 0. The first kappa shape index (κ1) is 18.7. The topological polar surface area (TPSA) is 71.4 Å². The third-order valence-electron chi connectivity index (χ3n) is 4.49. The van der Waals surface area contributed by atoms with Crippen LogP contribution < -0.4 is 9.64 Å². The van der Waals surface area contributed by atoms with Crippen LogP contribution in [0.2, 0.25) is 0 Å². The predicted molar refractivity (Wildman–Crippen MR) is 90.6 cm³/mol. The van der Waals surface area contributed by atoms with Crippen LogP contribution in [0.1, 0.15) is 6.92 Å². The molecule has 1 saturated heterocycles. The lowest BCUT2D eigenvalue weighted by molar-refractivity contribution is -0.917. The number of carbonyl (C=O) groups excluding carboxylic acids is 1. The molecule has 1 amide bonds. The van der Waals surface area contributed by atoms with Crippen molar-refractivity contribution in [2.24, 2.45) is 0 Å². The Hall–Kier alpha value is -1.64. The van der Waals surface area contributed by atoms with Crippen LogP contribution in [0, 0.1) is 0 Å². The maximum atomic E-state index is 12.7. The largest absolute Gasteiger partial charge is 0.497 e. The summed E-state index contributed by atoms with van der Waals surface area (Å²) in [5.41, 5.74) is 0.